The van der Waals surface area contributed by atoms with Crippen LogP contribution in [-0.2, 0) is 14.3 Å². The van der Waals surface area contributed by atoms with Crippen LogP contribution in [0.5, 0.6) is 0 Å². The number of methoxy groups -OCH3 is 1. The molecule has 2 rings (SSSR count). The minimum Gasteiger partial charge on any atom is -0.477 e. The molecule has 1 amide bonds. The molecule has 2 heterocycles. The van der Waals surface area contributed by atoms with Crippen molar-refractivity contribution < 1.29 is 19.4 Å². The third kappa shape index (κ3) is 1.60. The molecular formula is C9H12N2O4S. The van der Waals surface area contributed by atoms with Crippen molar-refractivity contribution in [3.8, 4) is 0 Å². The van der Waals surface area contributed by atoms with Crippen LogP contribution in [0.25, 0.3) is 0 Å². The van der Waals surface area contributed by atoms with Crippen LogP contribution in [0.2, 0.25) is 0 Å². The predicted octanol–water partition coefficient (Wildman–Crippen LogP) is -0.786. The Morgan fingerprint density at radius 3 is 3.00 bits per heavy atom. The zero-order valence-corrected chi connectivity index (χ0v) is 9.49. The number of nitrogens with zero attached hydrogens (tertiary/aromatic N) is 1. The molecule has 2 aliphatic rings. The number of carbonyl (C=O) groups excluding carboxylic acids is 1. The Bertz CT molecular complexity index is 382. The molecule has 6 nitrogen and oxygen atoms in total. The number of thioether (sulfide) groups is 1. The zero-order valence-electron chi connectivity index (χ0n) is 8.67. The third-order valence-corrected chi connectivity index (χ3v) is 4.10. The van der Waals surface area contributed by atoms with Crippen molar-refractivity contribution in [3.63, 3.8) is 0 Å². The molecule has 0 spiro atoms. The minimum atomic E-state index is -0.983. The quantitative estimate of drug-likeness (QED) is 0.632. The van der Waals surface area contributed by atoms with Crippen molar-refractivity contribution in [2.24, 2.45) is 5.73 Å². The Morgan fingerprint density at radius 2 is 2.44 bits per heavy atom. The molecule has 3 N–H and O–H groups in total. The summed E-state index contributed by atoms with van der Waals surface area (Å²) in [5.74, 6) is -1.11. The van der Waals surface area contributed by atoms with E-state index in [1.807, 2.05) is 0 Å². The summed E-state index contributed by atoms with van der Waals surface area (Å²) in [4.78, 5) is 24.3. The van der Waals surface area contributed by atoms with Crippen LogP contribution in [0.3, 0.4) is 0 Å². The summed E-state index contributed by atoms with van der Waals surface area (Å²) >= 11 is 1.13. The number of amides is 1. The fraction of sp³-hybridized carbons (Fsp3) is 0.556. The van der Waals surface area contributed by atoms with Gasteiger partial charge in [0.2, 0.25) is 5.91 Å². The number of hydrogen-bond donors (Lipinski definition) is 2. The summed E-state index contributed by atoms with van der Waals surface area (Å²) in [6.07, 6.45) is 0. The van der Waals surface area contributed by atoms with E-state index in [4.69, 9.17) is 15.6 Å². The van der Waals surface area contributed by atoms with Crippen molar-refractivity contribution in [3.05, 3.63) is 10.5 Å². The number of carboxylic acids is 1. The van der Waals surface area contributed by atoms with Gasteiger partial charge in [0.1, 0.15) is 11.4 Å². The molecule has 0 saturated carbocycles. The standard InChI is InChI=1S/C9H12N2O4S/c1-15-3-4-2-11-7(12)5(10)8(11)16-6(4)9(13)14/h5,8H,2-3,10H2,1H3,(H,13,14). The number of hydrogen-bond acceptors (Lipinski definition) is 5. The van der Waals surface area contributed by atoms with E-state index in [0.717, 1.165) is 11.8 Å². The lowest BCUT2D eigenvalue weighted by Gasteiger charge is -2.47. The Labute approximate surface area is 96.4 Å². The van der Waals surface area contributed by atoms with Gasteiger partial charge in [0.25, 0.3) is 0 Å². The van der Waals surface area contributed by atoms with E-state index in [0.29, 0.717) is 12.1 Å². The summed E-state index contributed by atoms with van der Waals surface area (Å²) in [7, 11) is 1.49. The van der Waals surface area contributed by atoms with Gasteiger partial charge in [0.15, 0.2) is 0 Å². The van der Waals surface area contributed by atoms with E-state index in [-0.39, 0.29) is 22.8 Å². The summed E-state index contributed by atoms with van der Waals surface area (Å²) in [6, 6.07) is -0.580. The van der Waals surface area contributed by atoms with Gasteiger partial charge in [0, 0.05) is 13.7 Å². The van der Waals surface area contributed by atoms with E-state index in [1.54, 1.807) is 4.90 Å². The lowest BCUT2D eigenvalue weighted by atomic mass is 10.1. The maximum absolute atomic E-state index is 11.4. The number of carboxylic acid groups (broad SMARTS) is 1. The summed E-state index contributed by atoms with van der Waals surface area (Å²) < 4.78 is 4.93. The Kier molecular flexibility index (Phi) is 2.92. The second kappa shape index (κ2) is 4.08. The third-order valence-electron chi connectivity index (χ3n) is 2.62. The molecule has 7 heteroatoms. The molecule has 2 atom stereocenters. The summed E-state index contributed by atoms with van der Waals surface area (Å²) in [5, 5.41) is 8.80. The molecule has 1 saturated heterocycles. The summed E-state index contributed by atoms with van der Waals surface area (Å²) in [6.45, 7) is 0.528. The van der Waals surface area contributed by atoms with Crippen molar-refractivity contribution in [1.82, 2.24) is 4.90 Å². The first-order chi connectivity index (χ1) is 7.56. The maximum Gasteiger partial charge on any atom is 0.342 e. The Hall–Kier alpha value is -1.05. The van der Waals surface area contributed by atoms with Crippen molar-refractivity contribution in [1.29, 1.82) is 0 Å². The summed E-state index contributed by atoms with van der Waals surface area (Å²) in [5.41, 5.74) is 6.22. The normalized spacial score (nSPS) is 28.9. The first-order valence-corrected chi connectivity index (χ1v) is 5.61. The van der Waals surface area contributed by atoms with Crippen LogP contribution in [0.15, 0.2) is 10.5 Å². The highest BCUT2D eigenvalue weighted by Crippen LogP contribution is 2.40. The largest absolute Gasteiger partial charge is 0.477 e. The van der Waals surface area contributed by atoms with Crippen molar-refractivity contribution in [2.45, 2.75) is 11.4 Å². The number of fused-ring (bicyclic) bond motifs is 1. The molecule has 2 aliphatic heterocycles. The van der Waals surface area contributed by atoms with Crippen LogP contribution in [0.4, 0.5) is 0 Å². The molecule has 0 aromatic carbocycles. The highest BCUT2D eigenvalue weighted by Gasteiger charge is 2.49. The fourth-order valence-electron chi connectivity index (χ4n) is 1.82. The van der Waals surface area contributed by atoms with Crippen LogP contribution in [0.1, 0.15) is 0 Å². The van der Waals surface area contributed by atoms with Crippen molar-refractivity contribution in [2.75, 3.05) is 20.3 Å². The zero-order chi connectivity index (χ0) is 11.9. The van der Waals surface area contributed by atoms with E-state index in [2.05, 4.69) is 0 Å². The van der Waals surface area contributed by atoms with Gasteiger partial charge >= 0.3 is 5.97 Å². The minimum absolute atomic E-state index is 0.129. The van der Waals surface area contributed by atoms with Gasteiger partial charge in [-0.05, 0) is 5.57 Å². The van der Waals surface area contributed by atoms with Gasteiger partial charge in [-0.3, -0.25) is 4.79 Å². The van der Waals surface area contributed by atoms with E-state index >= 15 is 0 Å². The second-order valence-electron chi connectivity index (χ2n) is 3.67. The smallest absolute Gasteiger partial charge is 0.342 e. The van der Waals surface area contributed by atoms with Gasteiger partial charge in [-0.15, -0.1) is 0 Å². The lowest BCUT2D eigenvalue weighted by Crippen LogP contribution is -2.68. The van der Waals surface area contributed by atoms with E-state index < -0.39 is 12.0 Å². The van der Waals surface area contributed by atoms with Gasteiger partial charge < -0.3 is 20.5 Å². The second-order valence-corrected chi connectivity index (χ2v) is 4.80. The van der Waals surface area contributed by atoms with Crippen molar-refractivity contribution >= 4 is 23.6 Å². The van der Waals surface area contributed by atoms with Crippen LogP contribution in [-0.4, -0.2) is 53.6 Å². The molecule has 2 unspecified atom stereocenters. The van der Waals surface area contributed by atoms with E-state index in [1.165, 1.54) is 7.11 Å². The topological polar surface area (TPSA) is 92.9 Å². The number of β-lactam (4-membered cyclic amide) rings is 1. The first-order valence-electron chi connectivity index (χ1n) is 4.73. The molecule has 0 aromatic heterocycles. The van der Waals surface area contributed by atoms with Gasteiger partial charge in [-0.2, -0.15) is 0 Å². The average molecular weight is 244 g/mol. The van der Waals surface area contributed by atoms with Gasteiger partial charge in [0.05, 0.1) is 11.5 Å². The van der Waals surface area contributed by atoms with Crippen LogP contribution in [0, 0.1) is 0 Å². The molecule has 0 aromatic rings. The molecule has 16 heavy (non-hydrogen) atoms. The van der Waals surface area contributed by atoms with Gasteiger partial charge in [-0.1, -0.05) is 11.8 Å². The number of ether oxygens (including phenoxy) is 1. The highest BCUT2D eigenvalue weighted by molar-refractivity contribution is 8.04. The SMILES string of the molecule is COCC1=C(C(=O)O)SC2C(N)C(=O)N2C1. The average Bonchev–Trinajstić information content (AvgIpc) is 2.27. The molecule has 0 radical (unpaired) electrons. The molecule has 0 bridgehead atoms. The number of aliphatic carboxylic acids is 1. The molecule has 88 valence electrons. The van der Waals surface area contributed by atoms with Gasteiger partial charge in [-0.25, -0.2) is 4.79 Å². The van der Waals surface area contributed by atoms with E-state index in [9.17, 15) is 9.59 Å². The lowest BCUT2D eigenvalue weighted by molar-refractivity contribution is -0.144. The molecule has 1 fully saturated rings. The van der Waals surface area contributed by atoms with Crippen LogP contribution < -0.4 is 5.73 Å². The fourth-order valence-corrected chi connectivity index (χ4v) is 3.03. The molecule has 0 aliphatic carbocycles. The maximum atomic E-state index is 11.4. The number of nitrogens with two attached hydrogens (primary N) is 1. The number of rotatable bonds is 3. The Morgan fingerprint density at radius 1 is 1.75 bits per heavy atom. The van der Waals surface area contributed by atoms with Crippen LogP contribution >= 0.6 is 11.8 Å². The predicted molar refractivity (Wildman–Crippen MR) is 57.6 cm³/mol. The molecular weight excluding hydrogens is 232 g/mol. The Balaban J connectivity index is 2.24. The highest BCUT2D eigenvalue weighted by atomic mass is 32.2. The monoisotopic (exact) mass is 244 g/mol. The first kappa shape index (κ1) is 11.4. The number of carbonyl (C=O) groups is 2.